The Bertz CT molecular complexity index is 1130. The van der Waals surface area contributed by atoms with Gasteiger partial charge in [-0.3, -0.25) is 4.90 Å². The first kappa shape index (κ1) is 28.1. The van der Waals surface area contributed by atoms with Gasteiger partial charge in [-0.25, -0.2) is 4.79 Å². The first-order chi connectivity index (χ1) is 18.3. The highest BCUT2D eigenvalue weighted by Gasteiger charge is 2.34. The summed E-state index contributed by atoms with van der Waals surface area (Å²) in [4.78, 5) is 17.3. The van der Waals surface area contributed by atoms with E-state index in [4.69, 9.17) is 4.74 Å². The van der Waals surface area contributed by atoms with Crippen LogP contribution in [0.25, 0.3) is 0 Å². The lowest BCUT2D eigenvalue weighted by molar-refractivity contribution is -0.137. The number of urea groups is 1. The molecule has 38 heavy (non-hydrogen) atoms. The zero-order valence-electron chi connectivity index (χ0n) is 21.0. The number of nitrogens with zero attached hydrogens (tertiary/aromatic N) is 2. The second-order valence-corrected chi connectivity index (χ2v) is 10.1. The average molecular weight is 590 g/mol. The Hall–Kier alpha value is -2.88. The minimum absolute atomic E-state index is 0.0366. The normalized spacial score (nSPS) is 14.4. The first-order valence-corrected chi connectivity index (χ1v) is 13.4. The van der Waals surface area contributed by atoms with Crippen molar-refractivity contribution in [3.8, 4) is 0 Å². The Morgan fingerprint density at radius 2 is 1.55 bits per heavy atom. The van der Waals surface area contributed by atoms with Crippen molar-refractivity contribution in [3.05, 3.63) is 100 Å². The number of carbonyl (C=O) groups excluding carboxylic acids is 1. The molecule has 1 saturated heterocycles. The lowest BCUT2D eigenvalue weighted by Gasteiger charge is -2.31. The van der Waals surface area contributed by atoms with E-state index in [2.05, 4.69) is 50.4 Å². The molecule has 2 amide bonds. The van der Waals surface area contributed by atoms with E-state index in [0.29, 0.717) is 43.7 Å². The smallest absolute Gasteiger partial charge is 0.379 e. The number of hydrogen-bond acceptors (Lipinski definition) is 3. The van der Waals surface area contributed by atoms with Gasteiger partial charge in [-0.2, -0.15) is 13.2 Å². The van der Waals surface area contributed by atoms with Gasteiger partial charge in [0.25, 0.3) is 0 Å². The van der Waals surface area contributed by atoms with Crippen LogP contribution in [-0.2, 0) is 10.9 Å². The summed E-state index contributed by atoms with van der Waals surface area (Å²) in [5, 5.41) is 2.54. The molecule has 1 heterocycles. The Morgan fingerprint density at radius 1 is 0.947 bits per heavy atom. The number of amides is 2. The van der Waals surface area contributed by atoms with Gasteiger partial charge in [-0.15, -0.1) is 0 Å². The van der Waals surface area contributed by atoms with Crippen molar-refractivity contribution >= 4 is 27.6 Å². The summed E-state index contributed by atoms with van der Waals surface area (Å²) in [6.07, 6.45) is -3.98. The molecule has 1 N–H and O–H groups in total. The summed E-state index contributed by atoms with van der Waals surface area (Å²) in [6, 6.07) is 23.3. The quantitative estimate of drug-likeness (QED) is 0.297. The standard InChI is InChI=1S/C29H31BrF3N3O2/c30-24-11-12-27(26(21-24)29(31,32)33)34-28(37)36(16-15-35-17-19-38-20-18-35)14-13-25(22-7-3-1-4-8-22)23-9-5-2-6-10-23/h1-12,21,25H,13-20H2,(H,34,37). The average Bonchev–Trinajstić information content (AvgIpc) is 2.92. The fourth-order valence-corrected chi connectivity index (χ4v) is 5.00. The Labute approximate surface area is 229 Å². The van der Waals surface area contributed by atoms with Crippen LogP contribution < -0.4 is 5.32 Å². The van der Waals surface area contributed by atoms with E-state index in [0.717, 1.165) is 30.3 Å². The van der Waals surface area contributed by atoms with Crippen LogP contribution in [0.5, 0.6) is 0 Å². The van der Waals surface area contributed by atoms with Gasteiger partial charge in [0.15, 0.2) is 0 Å². The molecule has 3 aromatic carbocycles. The largest absolute Gasteiger partial charge is 0.418 e. The molecule has 1 aliphatic heterocycles. The number of hydrogen-bond donors (Lipinski definition) is 1. The van der Waals surface area contributed by atoms with Gasteiger partial charge < -0.3 is 15.0 Å². The Kier molecular flexibility index (Phi) is 9.82. The number of morpholine rings is 1. The predicted octanol–water partition coefficient (Wildman–Crippen LogP) is 6.86. The van der Waals surface area contributed by atoms with Crippen molar-refractivity contribution in [3.63, 3.8) is 0 Å². The van der Waals surface area contributed by atoms with E-state index in [1.165, 1.54) is 12.1 Å². The maximum Gasteiger partial charge on any atom is 0.418 e. The number of rotatable bonds is 9. The van der Waals surface area contributed by atoms with Crippen molar-refractivity contribution in [2.45, 2.75) is 18.5 Å². The van der Waals surface area contributed by atoms with Crippen LogP contribution in [0.3, 0.4) is 0 Å². The molecule has 0 spiro atoms. The molecule has 0 radical (unpaired) electrons. The first-order valence-electron chi connectivity index (χ1n) is 12.6. The van der Waals surface area contributed by atoms with Crippen LogP contribution in [0.1, 0.15) is 29.0 Å². The molecule has 1 fully saturated rings. The molecule has 0 unspecified atom stereocenters. The zero-order valence-corrected chi connectivity index (χ0v) is 22.5. The van der Waals surface area contributed by atoms with Crippen LogP contribution >= 0.6 is 15.9 Å². The van der Waals surface area contributed by atoms with E-state index >= 15 is 0 Å². The minimum atomic E-state index is -4.60. The molecular formula is C29H31BrF3N3O2. The van der Waals surface area contributed by atoms with Gasteiger partial charge in [0.05, 0.1) is 24.5 Å². The van der Waals surface area contributed by atoms with Gasteiger partial charge in [-0.1, -0.05) is 76.6 Å². The van der Waals surface area contributed by atoms with Gasteiger partial charge in [-0.05, 0) is 35.7 Å². The molecule has 0 atom stereocenters. The topological polar surface area (TPSA) is 44.8 Å². The molecule has 1 aliphatic rings. The van der Waals surface area contributed by atoms with Crippen LogP contribution in [0.15, 0.2) is 83.3 Å². The van der Waals surface area contributed by atoms with E-state index in [1.807, 2.05) is 36.4 Å². The predicted molar refractivity (Wildman–Crippen MR) is 146 cm³/mol. The second-order valence-electron chi connectivity index (χ2n) is 9.22. The van der Waals surface area contributed by atoms with Crippen molar-refractivity contribution in [1.29, 1.82) is 0 Å². The van der Waals surface area contributed by atoms with Gasteiger partial charge in [0, 0.05) is 43.1 Å². The van der Waals surface area contributed by atoms with Crippen molar-refractivity contribution in [1.82, 2.24) is 9.80 Å². The van der Waals surface area contributed by atoms with E-state index in [-0.39, 0.29) is 11.6 Å². The summed E-state index contributed by atoms with van der Waals surface area (Å²) >= 11 is 3.10. The molecule has 0 aromatic heterocycles. The molecule has 202 valence electrons. The van der Waals surface area contributed by atoms with Crippen LogP contribution in [0, 0.1) is 0 Å². The maximum atomic E-state index is 13.7. The van der Waals surface area contributed by atoms with Crippen molar-refractivity contribution < 1.29 is 22.7 Å². The van der Waals surface area contributed by atoms with Crippen molar-refractivity contribution in [2.24, 2.45) is 0 Å². The number of halogens is 4. The number of benzene rings is 3. The number of ether oxygens (including phenoxy) is 1. The molecule has 3 aromatic rings. The lowest BCUT2D eigenvalue weighted by Crippen LogP contribution is -2.45. The monoisotopic (exact) mass is 589 g/mol. The molecular weight excluding hydrogens is 559 g/mol. The Morgan fingerprint density at radius 3 is 2.13 bits per heavy atom. The van der Waals surface area contributed by atoms with E-state index in [1.54, 1.807) is 4.90 Å². The maximum absolute atomic E-state index is 13.7. The summed E-state index contributed by atoms with van der Waals surface area (Å²) in [7, 11) is 0. The fourth-order valence-electron chi connectivity index (χ4n) is 4.64. The summed E-state index contributed by atoms with van der Waals surface area (Å²) in [6.45, 7) is 4.16. The SMILES string of the molecule is O=C(Nc1ccc(Br)cc1C(F)(F)F)N(CCC(c1ccccc1)c1ccccc1)CCN1CCOCC1. The third-order valence-electron chi connectivity index (χ3n) is 6.70. The molecule has 0 bridgehead atoms. The van der Waals surface area contributed by atoms with Gasteiger partial charge in [0.1, 0.15) is 0 Å². The second kappa shape index (κ2) is 13.3. The van der Waals surface area contributed by atoms with Crippen LogP contribution in [0.4, 0.5) is 23.7 Å². The highest BCUT2D eigenvalue weighted by atomic mass is 79.9. The summed E-state index contributed by atoms with van der Waals surface area (Å²) in [5.74, 6) is 0.0366. The molecule has 5 nitrogen and oxygen atoms in total. The lowest BCUT2D eigenvalue weighted by atomic mass is 9.88. The molecule has 9 heteroatoms. The van der Waals surface area contributed by atoms with Crippen LogP contribution in [-0.4, -0.2) is 61.8 Å². The van der Waals surface area contributed by atoms with E-state index < -0.39 is 17.8 Å². The minimum Gasteiger partial charge on any atom is -0.379 e. The highest BCUT2D eigenvalue weighted by molar-refractivity contribution is 9.10. The number of carbonyl (C=O) groups is 1. The third-order valence-corrected chi connectivity index (χ3v) is 7.19. The third kappa shape index (κ3) is 7.82. The zero-order chi connectivity index (χ0) is 27.0. The van der Waals surface area contributed by atoms with Gasteiger partial charge >= 0.3 is 12.2 Å². The molecule has 0 aliphatic carbocycles. The molecule has 0 saturated carbocycles. The summed E-state index contributed by atoms with van der Waals surface area (Å²) < 4.78 is 46.8. The number of anilines is 1. The van der Waals surface area contributed by atoms with E-state index in [9.17, 15) is 18.0 Å². The number of nitrogens with one attached hydrogen (secondary N) is 1. The van der Waals surface area contributed by atoms with Crippen LogP contribution in [0.2, 0.25) is 0 Å². The number of alkyl halides is 3. The molecule has 4 rings (SSSR count). The fraction of sp³-hybridized carbons (Fsp3) is 0.345. The van der Waals surface area contributed by atoms with Gasteiger partial charge in [0.2, 0.25) is 0 Å². The Balaban J connectivity index is 1.55. The highest BCUT2D eigenvalue weighted by Crippen LogP contribution is 2.37. The summed E-state index contributed by atoms with van der Waals surface area (Å²) in [5.41, 5.74) is 1.10. The van der Waals surface area contributed by atoms with Crippen molar-refractivity contribution in [2.75, 3.05) is 51.3 Å².